The number of halogens is 1. The summed E-state index contributed by atoms with van der Waals surface area (Å²) in [6.07, 6.45) is 2.95. The van der Waals surface area contributed by atoms with E-state index in [0.717, 1.165) is 10.5 Å². The molecule has 0 aliphatic heterocycles. The standard InChI is InChI=1S/C11H13FOS/c12-10-7-8(5-6-13)1-4-11(10)14-9-2-3-9/h1,4,7,9,13H,2-3,5-6H2. The van der Waals surface area contributed by atoms with Crippen LogP contribution >= 0.6 is 11.8 Å². The van der Waals surface area contributed by atoms with Crippen molar-refractivity contribution >= 4 is 11.8 Å². The SMILES string of the molecule is OCCc1ccc(SC2CC2)c(F)c1. The second kappa shape index (κ2) is 4.32. The molecule has 0 saturated heterocycles. The Morgan fingerprint density at radius 1 is 1.43 bits per heavy atom. The molecule has 14 heavy (non-hydrogen) atoms. The van der Waals surface area contributed by atoms with E-state index in [-0.39, 0.29) is 12.4 Å². The van der Waals surface area contributed by atoms with Crippen molar-refractivity contribution in [2.24, 2.45) is 0 Å². The Balaban J connectivity index is 2.09. The molecule has 1 nitrogen and oxygen atoms in total. The Morgan fingerprint density at radius 3 is 2.79 bits per heavy atom. The number of aliphatic hydroxyl groups is 1. The van der Waals surface area contributed by atoms with Gasteiger partial charge in [-0.3, -0.25) is 0 Å². The molecular weight excluding hydrogens is 199 g/mol. The second-order valence-electron chi connectivity index (χ2n) is 3.56. The Labute approximate surface area is 87.3 Å². The molecular formula is C11H13FOS. The Hall–Kier alpha value is -0.540. The van der Waals surface area contributed by atoms with Crippen molar-refractivity contribution in [3.05, 3.63) is 29.6 Å². The van der Waals surface area contributed by atoms with Crippen LogP contribution in [0.15, 0.2) is 23.1 Å². The first-order chi connectivity index (χ1) is 6.79. The first-order valence-corrected chi connectivity index (χ1v) is 5.73. The molecule has 0 unspecified atom stereocenters. The number of rotatable bonds is 4. The third kappa shape index (κ3) is 2.49. The van der Waals surface area contributed by atoms with Gasteiger partial charge in [0.25, 0.3) is 0 Å². The molecule has 1 N–H and O–H groups in total. The van der Waals surface area contributed by atoms with Crippen molar-refractivity contribution in [3.8, 4) is 0 Å². The van der Waals surface area contributed by atoms with E-state index >= 15 is 0 Å². The summed E-state index contributed by atoms with van der Waals surface area (Å²) in [5.74, 6) is -0.146. The maximum atomic E-state index is 13.5. The molecule has 76 valence electrons. The minimum Gasteiger partial charge on any atom is -0.396 e. The van der Waals surface area contributed by atoms with Crippen LogP contribution in [0.1, 0.15) is 18.4 Å². The quantitative estimate of drug-likeness (QED) is 0.828. The van der Waals surface area contributed by atoms with Crippen molar-refractivity contribution in [3.63, 3.8) is 0 Å². The fourth-order valence-electron chi connectivity index (χ4n) is 1.29. The molecule has 0 atom stereocenters. The van der Waals surface area contributed by atoms with Gasteiger partial charge in [-0.2, -0.15) is 0 Å². The van der Waals surface area contributed by atoms with Gasteiger partial charge < -0.3 is 5.11 Å². The number of benzene rings is 1. The van der Waals surface area contributed by atoms with E-state index in [2.05, 4.69) is 0 Å². The van der Waals surface area contributed by atoms with E-state index in [4.69, 9.17) is 5.11 Å². The summed E-state index contributed by atoms with van der Waals surface area (Å²) < 4.78 is 13.5. The van der Waals surface area contributed by atoms with Gasteiger partial charge in [-0.15, -0.1) is 11.8 Å². The van der Waals surface area contributed by atoms with E-state index < -0.39 is 0 Å². The van der Waals surface area contributed by atoms with Crippen LogP contribution in [-0.2, 0) is 6.42 Å². The minimum absolute atomic E-state index is 0.0779. The fourth-order valence-corrected chi connectivity index (χ4v) is 2.34. The lowest BCUT2D eigenvalue weighted by Crippen LogP contribution is -1.92. The smallest absolute Gasteiger partial charge is 0.137 e. The van der Waals surface area contributed by atoms with E-state index in [0.29, 0.717) is 11.7 Å². The van der Waals surface area contributed by atoms with Gasteiger partial charge in [0.2, 0.25) is 0 Å². The van der Waals surface area contributed by atoms with Crippen molar-refractivity contribution < 1.29 is 9.50 Å². The van der Waals surface area contributed by atoms with Gasteiger partial charge in [0, 0.05) is 16.8 Å². The largest absolute Gasteiger partial charge is 0.396 e. The summed E-state index contributed by atoms with van der Waals surface area (Å²) in [6, 6.07) is 5.24. The molecule has 1 fully saturated rings. The lowest BCUT2D eigenvalue weighted by molar-refractivity contribution is 0.299. The lowest BCUT2D eigenvalue weighted by Gasteiger charge is -2.04. The molecule has 0 heterocycles. The van der Waals surface area contributed by atoms with Crippen molar-refractivity contribution in [2.75, 3.05) is 6.61 Å². The van der Waals surface area contributed by atoms with E-state index in [1.54, 1.807) is 11.8 Å². The highest BCUT2D eigenvalue weighted by molar-refractivity contribution is 8.00. The average molecular weight is 212 g/mol. The monoisotopic (exact) mass is 212 g/mol. The zero-order valence-electron chi connectivity index (χ0n) is 7.87. The third-order valence-corrected chi connectivity index (χ3v) is 3.60. The van der Waals surface area contributed by atoms with Crippen molar-refractivity contribution in [2.45, 2.75) is 29.4 Å². The zero-order valence-corrected chi connectivity index (χ0v) is 8.69. The van der Waals surface area contributed by atoms with Crippen LogP contribution in [0, 0.1) is 5.82 Å². The van der Waals surface area contributed by atoms with E-state index in [9.17, 15) is 4.39 Å². The summed E-state index contributed by atoms with van der Waals surface area (Å²) in [5.41, 5.74) is 0.866. The summed E-state index contributed by atoms with van der Waals surface area (Å²) in [5, 5.41) is 9.34. The molecule has 0 radical (unpaired) electrons. The molecule has 0 bridgehead atoms. The number of aliphatic hydroxyl groups excluding tert-OH is 1. The maximum absolute atomic E-state index is 13.5. The molecule has 1 aliphatic rings. The second-order valence-corrected chi connectivity index (χ2v) is 4.90. The summed E-state index contributed by atoms with van der Waals surface area (Å²) in [4.78, 5) is 0.745. The molecule has 2 rings (SSSR count). The third-order valence-electron chi connectivity index (χ3n) is 2.21. The van der Waals surface area contributed by atoms with Crippen molar-refractivity contribution in [1.29, 1.82) is 0 Å². The van der Waals surface area contributed by atoms with Gasteiger partial charge in [-0.1, -0.05) is 6.07 Å². The predicted octanol–water partition coefficient (Wildman–Crippen LogP) is 2.62. The molecule has 3 heteroatoms. The maximum Gasteiger partial charge on any atom is 0.137 e. The molecule has 0 spiro atoms. The normalized spacial score (nSPS) is 15.9. The number of hydrogen-bond donors (Lipinski definition) is 1. The highest BCUT2D eigenvalue weighted by Gasteiger charge is 2.23. The number of thioether (sulfide) groups is 1. The van der Waals surface area contributed by atoms with Gasteiger partial charge in [0.15, 0.2) is 0 Å². The molecule has 1 aliphatic carbocycles. The average Bonchev–Trinajstić information content (AvgIpc) is 2.94. The highest BCUT2D eigenvalue weighted by atomic mass is 32.2. The topological polar surface area (TPSA) is 20.2 Å². The lowest BCUT2D eigenvalue weighted by atomic mass is 10.1. The van der Waals surface area contributed by atoms with Crippen LogP contribution < -0.4 is 0 Å². The Morgan fingerprint density at radius 2 is 2.21 bits per heavy atom. The molecule has 0 amide bonds. The fraction of sp³-hybridized carbons (Fsp3) is 0.455. The zero-order chi connectivity index (χ0) is 9.97. The molecule has 1 aromatic carbocycles. The van der Waals surface area contributed by atoms with Crippen molar-refractivity contribution in [1.82, 2.24) is 0 Å². The van der Waals surface area contributed by atoms with E-state index in [1.807, 2.05) is 12.1 Å². The Bertz CT molecular complexity index is 323. The predicted molar refractivity (Wildman–Crippen MR) is 56.1 cm³/mol. The highest BCUT2D eigenvalue weighted by Crippen LogP contribution is 2.40. The molecule has 0 aromatic heterocycles. The molecule has 1 saturated carbocycles. The minimum atomic E-state index is -0.146. The van der Waals surface area contributed by atoms with Gasteiger partial charge >= 0.3 is 0 Å². The van der Waals surface area contributed by atoms with Crippen LogP contribution in [0.4, 0.5) is 4.39 Å². The van der Waals surface area contributed by atoms with Gasteiger partial charge in [0.1, 0.15) is 5.82 Å². The summed E-state index contributed by atoms with van der Waals surface area (Å²) in [7, 11) is 0. The van der Waals surface area contributed by atoms with Crippen LogP contribution in [0.25, 0.3) is 0 Å². The van der Waals surface area contributed by atoms with Gasteiger partial charge in [0.05, 0.1) is 0 Å². The van der Waals surface area contributed by atoms with Crippen LogP contribution in [0.5, 0.6) is 0 Å². The summed E-state index contributed by atoms with van der Waals surface area (Å²) in [6.45, 7) is 0.0779. The summed E-state index contributed by atoms with van der Waals surface area (Å²) >= 11 is 1.63. The number of hydrogen-bond acceptors (Lipinski definition) is 2. The van der Waals surface area contributed by atoms with Crippen LogP contribution in [-0.4, -0.2) is 17.0 Å². The first kappa shape index (κ1) is 9.99. The Kier molecular flexibility index (Phi) is 3.08. The molecule has 1 aromatic rings. The van der Waals surface area contributed by atoms with Gasteiger partial charge in [-0.25, -0.2) is 4.39 Å². The van der Waals surface area contributed by atoms with Crippen LogP contribution in [0.3, 0.4) is 0 Å². The first-order valence-electron chi connectivity index (χ1n) is 4.85. The van der Waals surface area contributed by atoms with Crippen LogP contribution in [0.2, 0.25) is 0 Å². The van der Waals surface area contributed by atoms with Gasteiger partial charge in [-0.05, 0) is 37.0 Å². The van der Waals surface area contributed by atoms with E-state index in [1.165, 1.54) is 18.9 Å².